The van der Waals surface area contributed by atoms with E-state index in [1.807, 2.05) is 4.90 Å². The van der Waals surface area contributed by atoms with E-state index in [9.17, 15) is 9.18 Å². The number of carbonyl (C=O) groups excluding carboxylic acids is 1. The van der Waals surface area contributed by atoms with Crippen LogP contribution in [0.5, 0.6) is 0 Å². The molecule has 2 aromatic carbocycles. The molecule has 3 rings (SSSR count). The molecule has 1 saturated carbocycles. The van der Waals surface area contributed by atoms with Crippen LogP contribution >= 0.6 is 15.9 Å². The maximum atomic E-state index is 13.3. The summed E-state index contributed by atoms with van der Waals surface area (Å²) in [6, 6.07) is 13.4. The van der Waals surface area contributed by atoms with Crippen molar-refractivity contribution in [1.82, 2.24) is 4.90 Å². The molecule has 1 fully saturated rings. The molecule has 0 bridgehead atoms. The fraction of sp³-hybridized carbons (Fsp3) is 0.316. The molecule has 23 heavy (non-hydrogen) atoms. The molecule has 0 radical (unpaired) electrons. The van der Waals surface area contributed by atoms with Crippen molar-refractivity contribution in [3.8, 4) is 0 Å². The zero-order valence-corrected chi connectivity index (χ0v) is 14.6. The number of nitrogens with zero attached hydrogens (tertiary/aromatic N) is 1. The van der Waals surface area contributed by atoms with E-state index in [1.165, 1.54) is 11.6 Å². The molecular formula is C19H19BrFNO. The minimum atomic E-state index is -0.306. The molecule has 4 heteroatoms. The Balaban J connectivity index is 1.71. The number of aryl methyl sites for hydroxylation is 1. The fourth-order valence-electron chi connectivity index (χ4n) is 2.62. The number of hydrogen-bond donors (Lipinski definition) is 0. The molecule has 120 valence electrons. The Morgan fingerprint density at radius 2 is 1.83 bits per heavy atom. The van der Waals surface area contributed by atoms with Crippen LogP contribution in [0.25, 0.3) is 0 Å². The van der Waals surface area contributed by atoms with Gasteiger partial charge >= 0.3 is 0 Å². The second-order valence-corrected chi connectivity index (χ2v) is 7.02. The maximum absolute atomic E-state index is 13.3. The molecule has 0 aromatic heterocycles. The Bertz CT molecular complexity index is 710. The van der Waals surface area contributed by atoms with E-state index in [-0.39, 0.29) is 11.7 Å². The van der Waals surface area contributed by atoms with Gasteiger partial charge in [0.25, 0.3) is 0 Å². The number of halogens is 2. The number of hydrogen-bond acceptors (Lipinski definition) is 1. The molecule has 1 aliphatic rings. The second kappa shape index (κ2) is 6.83. The number of carbonyl (C=O) groups is 1. The van der Waals surface area contributed by atoms with Crippen LogP contribution in [0.4, 0.5) is 4.39 Å². The maximum Gasteiger partial charge on any atom is 0.227 e. The summed E-state index contributed by atoms with van der Waals surface area (Å²) in [5.74, 6) is -0.202. The van der Waals surface area contributed by atoms with Crippen molar-refractivity contribution in [3.63, 3.8) is 0 Å². The molecule has 1 aliphatic carbocycles. The zero-order valence-electron chi connectivity index (χ0n) is 13.1. The highest BCUT2D eigenvalue weighted by Crippen LogP contribution is 2.29. The molecular weight excluding hydrogens is 357 g/mol. The lowest BCUT2D eigenvalue weighted by Gasteiger charge is -2.23. The molecule has 0 saturated heterocycles. The average Bonchev–Trinajstić information content (AvgIpc) is 3.35. The molecule has 2 aromatic rings. The van der Waals surface area contributed by atoms with Gasteiger partial charge in [0.05, 0.1) is 10.9 Å². The Kier molecular flexibility index (Phi) is 4.81. The average molecular weight is 376 g/mol. The van der Waals surface area contributed by atoms with Crippen molar-refractivity contribution in [3.05, 3.63) is 69.4 Å². The summed E-state index contributed by atoms with van der Waals surface area (Å²) in [6.45, 7) is 2.70. The van der Waals surface area contributed by atoms with Gasteiger partial charge in [0.15, 0.2) is 0 Å². The lowest BCUT2D eigenvalue weighted by Crippen LogP contribution is -2.33. The summed E-state index contributed by atoms with van der Waals surface area (Å²) in [7, 11) is 0. The van der Waals surface area contributed by atoms with Crippen LogP contribution in [0.15, 0.2) is 46.9 Å². The van der Waals surface area contributed by atoms with E-state index in [0.29, 0.717) is 23.5 Å². The minimum absolute atomic E-state index is 0.103. The summed E-state index contributed by atoms with van der Waals surface area (Å²) in [6.07, 6.45) is 2.46. The van der Waals surface area contributed by atoms with E-state index in [2.05, 4.69) is 47.1 Å². The van der Waals surface area contributed by atoms with Crippen molar-refractivity contribution < 1.29 is 9.18 Å². The van der Waals surface area contributed by atoms with Crippen molar-refractivity contribution >= 4 is 21.8 Å². The molecule has 0 spiro atoms. The lowest BCUT2D eigenvalue weighted by molar-refractivity contribution is -0.131. The first kappa shape index (κ1) is 16.2. The molecule has 0 heterocycles. The summed E-state index contributed by atoms with van der Waals surface area (Å²) in [5.41, 5.74) is 3.20. The van der Waals surface area contributed by atoms with Gasteiger partial charge in [-0.15, -0.1) is 0 Å². The predicted octanol–water partition coefficient (Wildman–Crippen LogP) is 4.63. The van der Waals surface area contributed by atoms with E-state index < -0.39 is 0 Å². The standard InChI is InChI=1S/C19H19BrFNO/c1-13-2-4-14(5-3-13)12-22(16-7-8-16)19(23)11-15-6-9-18(21)17(20)10-15/h2-6,9-10,16H,7-8,11-12H2,1H3. The largest absolute Gasteiger partial charge is 0.335 e. The highest BCUT2D eigenvalue weighted by molar-refractivity contribution is 9.10. The molecule has 2 nitrogen and oxygen atoms in total. The third-order valence-corrected chi connectivity index (χ3v) is 4.73. The second-order valence-electron chi connectivity index (χ2n) is 6.16. The third kappa shape index (κ3) is 4.20. The van der Waals surface area contributed by atoms with Gasteiger partial charge in [0.2, 0.25) is 5.91 Å². The first-order chi connectivity index (χ1) is 11.0. The normalized spacial score (nSPS) is 13.9. The van der Waals surface area contributed by atoms with E-state index in [0.717, 1.165) is 24.0 Å². The van der Waals surface area contributed by atoms with Gasteiger partial charge in [-0.1, -0.05) is 35.9 Å². The zero-order chi connectivity index (χ0) is 16.4. The first-order valence-corrected chi connectivity index (χ1v) is 8.61. The Morgan fingerprint density at radius 3 is 2.43 bits per heavy atom. The Labute approximate surface area is 144 Å². The van der Waals surface area contributed by atoms with Gasteiger partial charge in [0, 0.05) is 12.6 Å². The van der Waals surface area contributed by atoms with Crippen LogP contribution in [0, 0.1) is 12.7 Å². The molecule has 0 aliphatic heterocycles. The van der Waals surface area contributed by atoms with E-state index in [4.69, 9.17) is 0 Å². The molecule has 0 atom stereocenters. The van der Waals surface area contributed by atoms with Crippen LogP contribution in [-0.2, 0) is 17.8 Å². The number of rotatable bonds is 5. The third-order valence-electron chi connectivity index (χ3n) is 4.12. The van der Waals surface area contributed by atoms with Crippen LogP contribution < -0.4 is 0 Å². The monoisotopic (exact) mass is 375 g/mol. The van der Waals surface area contributed by atoms with Crippen LogP contribution in [0.2, 0.25) is 0 Å². The van der Waals surface area contributed by atoms with Crippen molar-refractivity contribution in [1.29, 1.82) is 0 Å². The highest BCUT2D eigenvalue weighted by atomic mass is 79.9. The van der Waals surface area contributed by atoms with Gasteiger partial charge in [-0.2, -0.15) is 0 Å². The minimum Gasteiger partial charge on any atom is -0.335 e. The van der Waals surface area contributed by atoms with Gasteiger partial charge in [0.1, 0.15) is 5.82 Å². The highest BCUT2D eigenvalue weighted by Gasteiger charge is 2.32. The lowest BCUT2D eigenvalue weighted by atomic mass is 10.1. The van der Waals surface area contributed by atoms with Gasteiger partial charge in [-0.3, -0.25) is 4.79 Å². The summed E-state index contributed by atoms with van der Waals surface area (Å²) in [4.78, 5) is 14.6. The molecule has 1 amide bonds. The Hall–Kier alpha value is -1.68. The van der Waals surface area contributed by atoms with Gasteiger partial charge in [-0.05, 0) is 59.0 Å². The quantitative estimate of drug-likeness (QED) is 0.745. The van der Waals surface area contributed by atoms with Crippen LogP contribution in [0.3, 0.4) is 0 Å². The van der Waals surface area contributed by atoms with Gasteiger partial charge < -0.3 is 4.90 Å². The summed E-state index contributed by atoms with van der Waals surface area (Å²) >= 11 is 3.17. The summed E-state index contributed by atoms with van der Waals surface area (Å²) < 4.78 is 13.7. The predicted molar refractivity (Wildman–Crippen MR) is 92.6 cm³/mol. The number of amides is 1. The number of benzene rings is 2. The van der Waals surface area contributed by atoms with Crippen LogP contribution in [0.1, 0.15) is 29.5 Å². The molecule has 0 N–H and O–H groups in total. The first-order valence-electron chi connectivity index (χ1n) is 7.82. The fourth-order valence-corrected chi connectivity index (χ4v) is 3.05. The topological polar surface area (TPSA) is 20.3 Å². The van der Waals surface area contributed by atoms with Crippen molar-refractivity contribution in [2.24, 2.45) is 0 Å². The Morgan fingerprint density at radius 1 is 1.17 bits per heavy atom. The molecule has 0 unspecified atom stereocenters. The van der Waals surface area contributed by atoms with Gasteiger partial charge in [-0.25, -0.2) is 4.39 Å². The van der Waals surface area contributed by atoms with Crippen LogP contribution in [-0.4, -0.2) is 16.8 Å². The SMILES string of the molecule is Cc1ccc(CN(C(=O)Cc2ccc(F)c(Br)c2)C2CC2)cc1. The van der Waals surface area contributed by atoms with Crippen molar-refractivity contribution in [2.45, 2.75) is 38.8 Å². The summed E-state index contributed by atoms with van der Waals surface area (Å²) in [5, 5.41) is 0. The van der Waals surface area contributed by atoms with E-state index >= 15 is 0 Å². The van der Waals surface area contributed by atoms with Crippen molar-refractivity contribution in [2.75, 3.05) is 0 Å². The van der Waals surface area contributed by atoms with E-state index in [1.54, 1.807) is 12.1 Å². The smallest absolute Gasteiger partial charge is 0.227 e.